The van der Waals surface area contributed by atoms with Gasteiger partial charge in [0.2, 0.25) is 0 Å². The molecule has 3 heterocycles. The van der Waals surface area contributed by atoms with E-state index in [1.165, 1.54) is 0 Å². The first kappa shape index (κ1) is 14.2. The molecular formula is C19H17N5O. The average Bonchev–Trinajstić information content (AvgIpc) is 3.43. The lowest BCUT2D eigenvalue weighted by molar-refractivity contribution is 0.697. The summed E-state index contributed by atoms with van der Waals surface area (Å²) in [6.07, 6.45) is 5.68. The molecule has 0 amide bonds. The number of aryl methyl sites for hydroxylation is 1. The zero-order valence-corrected chi connectivity index (χ0v) is 13.8. The Balaban J connectivity index is 1.85. The van der Waals surface area contributed by atoms with Gasteiger partial charge in [0, 0.05) is 30.2 Å². The Kier molecular flexibility index (Phi) is 2.80. The molecule has 1 fully saturated rings. The highest BCUT2D eigenvalue weighted by Crippen LogP contribution is 2.38. The van der Waals surface area contributed by atoms with Crippen molar-refractivity contribution in [2.45, 2.75) is 18.9 Å². The number of imidazole rings is 1. The van der Waals surface area contributed by atoms with Crippen molar-refractivity contribution in [3.05, 3.63) is 53.2 Å². The van der Waals surface area contributed by atoms with E-state index < -0.39 is 0 Å². The van der Waals surface area contributed by atoms with Gasteiger partial charge in [0.1, 0.15) is 5.82 Å². The van der Waals surface area contributed by atoms with Crippen LogP contribution in [0.4, 0.5) is 5.82 Å². The number of benzene rings is 1. The lowest BCUT2D eigenvalue weighted by Gasteiger charge is -2.07. The maximum atomic E-state index is 12.7. The van der Waals surface area contributed by atoms with Crippen molar-refractivity contribution in [3.63, 3.8) is 0 Å². The van der Waals surface area contributed by atoms with Crippen molar-refractivity contribution in [2.75, 3.05) is 5.73 Å². The van der Waals surface area contributed by atoms with Crippen LogP contribution in [0.5, 0.6) is 0 Å². The molecule has 1 aliphatic rings. The number of nitrogens with zero attached hydrogens (tertiary/aromatic N) is 4. The van der Waals surface area contributed by atoms with E-state index in [0.29, 0.717) is 11.9 Å². The standard InChI is InChI=1S/C19H17N5O/c1-23-16-10-21-15-6-2-11(12-3-7-17(20)22-9-12)8-14(15)18(16)24(19(23)25)13-4-5-13/h2-3,6-10,13H,4-5H2,1H3,(H2,20,22). The van der Waals surface area contributed by atoms with Crippen LogP contribution in [0.1, 0.15) is 18.9 Å². The Hall–Kier alpha value is -3.15. The molecule has 0 saturated heterocycles. The summed E-state index contributed by atoms with van der Waals surface area (Å²) in [5.74, 6) is 0.499. The number of nitrogen functional groups attached to an aromatic ring is 1. The van der Waals surface area contributed by atoms with Crippen molar-refractivity contribution in [1.29, 1.82) is 0 Å². The van der Waals surface area contributed by atoms with Crippen LogP contribution in [0.3, 0.4) is 0 Å². The fourth-order valence-electron chi connectivity index (χ4n) is 3.45. The highest BCUT2D eigenvalue weighted by atomic mass is 16.1. The van der Waals surface area contributed by atoms with Crippen LogP contribution in [0.2, 0.25) is 0 Å². The van der Waals surface area contributed by atoms with Crippen LogP contribution in [-0.2, 0) is 7.05 Å². The molecule has 0 unspecified atom stereocenters. The number of pyridine rings is 2. The second-order valence-corrected chi connectivity index (χ2v) is 6.64. The molecule has 6 nitrogen and oxygen atoms in total. The van der Waals surface area contributed by atoms with E-state index in [4.69, 9.17) is 5.73 Å². The molecule has 0 bridgehead atoms. The van der Waals surface area contributed by atoms with E-state index in [-0.39, 0.29) is 5.69 Å². The molecule has 25 heavy (non-hydrogen) atoms. The van der Waals surface area contributed by atoms with Gasteiger partial charge in [-0.15, -0.1) is 0 Å². The molecule has 124 valence electrons. The third-order valence-corrected chi connectivity index (χ3v) is 4.95. The summed E-state index contributed by atoms with van der Waals surface area (Å²) >= 11 is 0. The van der Waals surface area contributed by atoms with Crippen LogP contribution in [0, 0.1) is 0 Å². The van der Waals surface area contributed by atoms with E-state index in [2.05, 4.69) is 16.0 Å². The predicted molar refractivity (Wildman–Crippen MR) is 98.4 cm³/mol. The number of aromatic nitrogens is 4. The van der Waals surface area contributed by atoms with E-state index in [1.807, 2.05) is 29.8 Å². The monoisotopic (exact) mass is 331 g/mol. The number of fused-ring (bicyclic) bond motifs is 3. The maximum absolute atomic E-state index is 12.7. The van der Waals surface area contributed by atoms with Crippen molar-refractivity contribution in [1.82, 2.24) is 19.1 Å². The first-order valence-corrected chi connectivity index (χ1v) is 8.35. The molecule has 3 aromatic heterocycles. The van der Waals surface area contributed by atoms with Gasteiger partial charge < -0.3 is 5.73 Å². The molecule has 6 heteroatoms. The van der Waals surface area contributed by atoms with Gasteiger partial charge in [0.25, 0.3) is 0 Å². The molecule has 0 spiro atoms. The lowest BCUT2D eigenvalue weighted by atomic mass is 10.0. The molecule has 0 atom stereocenters. The zero-order valence-electron chi connectivity index (χ0n) is 13.8. The van der Waals surface area contributed by atoms with E-state index >= 15 is 0 Å². The van der Waals surface area contributed by atoms with Gasteiger partial charge in [-0.1, -0.05) is 6.07 Å². The fourth-order valence-corrected chi connectivity index (χ4v) is 3.45. The second kappa shape index (κ2) is 4.92. The van der Waals surface area contributed by atoms with Crippen molar-refractivity contribution in [2.24, 2.45) is 7.05 Å². The third-order valence-electron chi connectivity index (χ3n) is 4.95. The summed E-state index contributed by atoms with van der Waals surface area (Å²) in [5.41, 5.74) is 10.5. The summed E-state index contributed by atoms with van der Waals surface area (Å²) in [7, 11) is 1.81. The van der Waals surface area contributed by atoms with Crippen LogP contribution in [0.25, 0.3) is 33.1 Å². The minimum Gasteiger partial charge on any atom is -0.384 e. The quantitative estimate of drug-likeness (QED) is 0.612. The number of nitrogens with two attached hydrogens (primary N) is 1. The number of hydrogen-bond donors (Lipinski definition) is 1. The Bertz CT molecular complexity index is 1180. The zero-order chi connectivity index (χ0) is 17.1. The van der Waals surface area contributed by atoms with Gasteiger partial charge in [0.05, 0.1) is 22.7 Å². The van der Waals surface area contributed by atoms with Crippen LogP contribution in [0.15, 0.2) is 47.5 Å². The smallest absolute Gasteiger partial charge is 0.329 e. The SMILES string of the molecule is Cn1c(=O)n(C2CC2)c2c3cc(-c4ccc(N)nc4)ccc3ncc21. The normalized spacial score (nSPS) is 14.4. The van der Waals surface area contributed by atoms with Gasteiger partial charge in [-0.3, -0.25) is 14.1 Å². The van der Waals surface area contributed by atoms with E-state index in [0.717, 1.165) is 45.9 Å². The molecule has 5 rings (SSSR count). The van der Waals surface area contributed by atoms with Crippen LogP contribution in [-0.4, -0.2) is 19.1 Å². The Morgan fingerprint density at radius 3 is 2.60 bits per heavy atom. The summed E-state index contributed by atoms with van der Waals surface area (Å²) in [4.78, 5) is 21.4. The third kappa shape index (κ3) is 2.07. The average molecular weight is 331 g/mol. The van der Waals surface area contributed by atoms with Crippen LogP contribution < -0.4 is 11.4 Å². The second-order valence-electron chi connectivity index (χ2n) is 6.64. The van der Waals surface area contributed by atoms with Crippen molar-refractivity contribution < 1.29 is 0 Å². The summed E-state index contributed by atoms with van der Waals surface area (Å²) in [6, 6.07) is 10.2. The fraction of sp³-hybridized carbons (Fsp3) is 0.211. The van der Waals surface area contributed by atoms with E-state index in [1.54, 1.807) is 23.0 Å². The number of rotatable bonds is 2. The van der Waals surface area contributed by atoms with Gasteiger partial charge >= 0.3 is 5.69 Å². The number of anilines is 1. The molecule has 2 N–H and O–H groups in total. The minimum atomic E-state index is 0.0337. The molecule has 0 radical (unpaired) electrons. The Morgan fingerprint density at radius 1 is 1.08 bits per heavy atom. The predicted octanol–water partition coefficient (Wildman–Crippen LogP) is 2.87. The van der Waals surface area contributed by atoms with Crippen LogP contribution >= 0.6 is 0 Å². The first-order valence-electron chi connectivity index (χ1n) is 8.35. The summed E-state index contributed by atoms with van der Waals surface area (Å²) < 4.78 is 3.63. The number of hydrogen-bond acceptors (Lipinski definition) is 4. The Labute approximate surface area is 143 Å². The summed E-state index contributed by atoms with van der Waals surface area (Å²) in [5, 5.41) is 0.997. The van der Waals surface area contributed by atoms with Crippen molar-refractivity contribution >= 4 is 27.8 Å². The molecule has 1 aromatic carbocycles. The summed E-state index contributed by atoms with van der Waals surface area (Å²) in [6.45, 7) is 0. The maximum Gasteiger partial charge on any atom is 0.329 e. The minimum absolute atomic E-state index is 0.0337. The Morgan fingerprint density at radius 2 is 1.88 bits per heavy atom. The van der Waals surface area contributed by atoms with Gasteiger partial charge in [-0.2, -0.15) is 0 Å². The lowest BCUT2D eigenvalue weighted by Crippen LogP contribution is -2.21. The topological polar surface area (TPSA) is 78.7 Å². The molecule has 1 saturated carbocycles. The first-order chi connectivity index (χ1) is 12.1. The highest BCUT2D eigenvalue weighted by molar-refractivity contribution is 6.04. The molecule has 4 aromatic rings. The van der Waals surface area contributed by atoms with Gasteiger partial charge in [0.15, 0.2) is 0 Å². The van der Waals surface area contributed by atoms with Gasteiger partial charge in [-0.05, 0) is 42.7 Å². The largest absolute Gasteiger partial charge is 0.384 e. The van der Waals surface area contributed by atoms with Crippen molar-refractivity contribution in [3.8, 4) is 11.1 Å². The van der Waals surface area contributed by atoms with E-state index in [9.17, 15) is 4.79 Å². The molecule has 1 aliphatic carbocycles. The highest BCUT2D eigenvalue weighted by Gasteiger charge is 2.29. The molecular weight excluding hydrogens is 314 g/mol. The molecule has 0 aliphatic heterocycles. The van der Waals surface area contributed by atoms with Gasteiger partial charge in [-0.25, -0.2) is 9.78 Å².